The van der Waals surface area contributed by atoms with Gasteiger partial charge in [-0.05, 0) is 45.7 Å². The molecule has 2 aromatic rings. The van der Waals surface area contributed by atoms with Gasteiger partial charge >= 0.3 is 6.03 Å². The Bertz CT molecular complexity index is 1300. The Morgan fingerprint density at radius 1 is 1.07 bits per heavy atom. The summed E-state index contributed by atoms with van der Waals surface area (Å²) in [6, 6.07) is 4.99. The summed E-state index contributed by atoms with van der Waals surface area (Å²) in [5.74, 6) is 0.994. The van der Waals surface area contributed by atoms with Gasteiger partial charge in [0.2, 0.25) is 0 Å². The highest BCUT2D eigenvalue weighted by Gasteiger charge is 2.35. The van der Waals surface area contributed by atoms with E-state index in [1.165, 1.54) is 10.9 Å². The summed E-state index contributed by atoms with van der Waals surface area (Å²) >= 11 is 0. The van der Waals surface area contributed by atoms with Crippen LogP contribution in [0.2, 0.25) is 0 Å². The van der Waals surface area contributed by atoms with E-state index in [0.29, 0.717) is 68.8 Å². The van der Waals surface area contributed by atoms with Crippen molar-refractivity contribution in [2.75, 3.05) is 62.7 Å². The lowest BCUT2D eigenvalue weighted by Crippen LogP contribution is -2.61. The Morgan fingerprint density at radius 3 is 2.51 bits per heavy atom. The van der Waals surface area contributed by atoms with Crippen molar-refractivity contribution in [1.29, 1.82) is 0 Å². The Hall–Kier alpha value is -3.71. The lowest BCUT2D eigenvalue weighted by Gasteiger charge is -2.43. The molecule has 3 fully saturated rings. The largest absolute Gasteiger partial charge is 0.378 e. The van der Waals surface area contributed by atoms with E-state index in [0.717, 1.165) is 19.4 Å². The number of rotatable bonds is 6. The third kappa shape index (κ3) is 7.14. The van der Waals surface area contributed by atoms with Crippen molar-refractivity contribution in [3.05, 3.63) is 40.3 Å². The van der Waals surface area contributed by atoms with Gasteiger partial charge in [0.05, 0.1) is 43.6 Å². The van der Waals surface area contributed by atoms with Gasteiger partial charge in [0, 0.05) is 51.5 Å². The smallest absolute Gasteiger partial charge is 0.317 e. The molecule has 0 unspecified atom stereocenters. The van der Waals surface area contributed by atoms with E-state index in [4.69, 9.17) is 9.47 Å². The van der Waals surface area contributed by atoms with E-state index in [1.807, 2.05) is 20.8 Å². The molecule has 5 rings (SSSR count). The zero-order chi connectivity index (χ0) is 29.1. The number of urea groups is 1. The molecule has 13 nitrogen and oxygen atoms in total. The zero-order valence-corrected chi connectivity index (χ0v) is 24.3. The second kappa shape index (κ2) is 12.0. The minimum Gasteiger partial charge on any atom is -0.378 e. The number of carbonyl (C=O) groups is 2. The van der Waals surface area contributed by atoms with E-state index in [2.05, 4.69) is 25.6 Å². The first-order valence-electron chi connectivity index (χ1n) is 14.2. The van der Waals surface area contributed by atoms with E-state index in [1.54, 1.807) is 35.0 Å². The molecule has 3 amide bonds. The van der Waals surface area contributed by atoms with Gasteiger partial charge in [-0.2, -0.15) is 5.10 Å². The number of pyridine rings is 1. The highest BCUT2D eigenvalue weighted by molar-refractivity contribution is 5.94. The van der Waals surface area contributed by atoms with E-state index < -0.39 is 0 Å². The van der Waals surface area contributed by atoms with Crippen molar-refractivity contribution in [2.24, 2.45) is 7.05 Å². The van der Waals surface area contributed by atoms with Crippen molar-refractivity contribution < 1.29 is 19.1 Å². The number of ether oxygens (including phenoxy) is 2. The van der Waals surface area contributed by atoms with Crippen LogP contribution >= 0.6 is 0 Å². The van der Waals surface area contributed by atoms with Gasteiger partial charge in [0.15, 0.2) is 5.82 Å². The number of morpholine rings is 1. The number of hydrogen-bond donors (Lipinski definition) is 2. The maximum Gasteiger partial charge on any atom is 0.317 e. The lowest BCUT2D eigenvalue weighted by molar-refractivity contribution is -0.111. The van der Waals surface area contributed by atoms with Crippen LogP contribution in [0.4, 0.5) is 22.1 Å². The highest BCUT2D eigenvalue weighted by atomic mass is 16.5. The molecule has 222 valence electrons. The van der Waals surface area contributed by atoms with Gasteiger partial charge in [0.25, 0.3) is 11.5 Å². The quantitative estimate of drug-likeness (QED) is 0.533. The molecule has 0 aromatic carbocycles. The summed E-state index contributed by atoms with van der Waals surface area (Å²) in [5, 5.41) is 10.7. The third-order valence-corrected chi connectivity index (χ3v) is 7.35. The van der Waals surface area contributed by atoms with Crippen molar-refractivity contribution in [3.63, 3.8) is 0 Å². The number of nitrogens with zero attached hydrogens (tertiary/aromatic N) is 6. The zero-order valence-electron chi connectivity index (χ0n) is 24.3. The number of anilines is 3. The molecule has 0 saturated carbocycles. The minimum absolute atomic E-state index is 0.0347. The van der Waals surface area contributed by atoms with Crippen LogP contribution in [0.15, 0.2) is 29.2 Å². The monoisotopic (exact) mass is 568 g/mol. The fraction of sp³-hybridized carbons (Fsp3) is 0.607. The van der Waals surface area contributed by atoms with E-state index in [9.17, 15) is 14.4 Å². The predicted molar refractivity (Wildman–Crippen MR) is 154 cm³/mol. The second-order valence-electron chi connectivity index (χ2n) is 11.8. The molecule has 2 aromatic heterocycles. The number of amides is 3. The van der Waals surface area contributed by atoms with E-state index >= 15 is 0 Å². The van der Waals surface area contributed by atoms with Gasteiger partial charge in [-0.15, -0.1) is 0 Å². The minimum atomic E-state index is -0.296. The molecule has 3 aliphatic heterocycles. The van der Waals surface area contributed by atoms with Crippen LogP contribution in [0.25, 0.3) is 0 Å². The summed E-state index contributed by atoms with van der Waals surface area (Å²) in [6.45, 7) is 10.8. The van der Waals surface area contributed by atoms with Crippen molar-refractivity contribution in [2.45, 2.75) is 51.4 Å². The molecule has 0 bridgehead atoms. The number of likely N-dealkylation sites (tertiary alicyclic amines) is 1. The summed E-state index contributed by atoms with van der Waals surface area (Å²) in [6.07, 6.45) is 3.34. The molecular weight excluding hydrogens is 528 g/mol. The molecule has 2 N–H and O–H groups in total. The Labute approximate surface area is 239 Å². The van der Waals surface area contributed by atoms with Crippen LogP contribution in [0.3, 0.4) is 0 Å². The van der Waals surface area contributed by atoms with E-state index in [-0.39, 0.29) is 35.2 Å². The Balaban J connectivity index is 1.20. The van der Waals surface area contributed by atoms with Crippen molar-refractivity contribution in [3.8, 4) is 0 Å². The summed E-state index contributed by atoms with van der Waals surface area (Å²) in [7, 11) is 1.61. The SMILES string of the molecule is Cn1nc(N2CCC[C@@H](NC(=O)N3CC(OC(C)(C)C)C3)C2)cc(Nc2ccc(C(=O)N3CCOCC3)cn2)c1=O. The summed E-state index contributed by atoms with van der Waals surface area (Å²) < 4.78 is 12.6. The van der Waals surface area contributed by atoms with Crippen LogP contribution in [-0.4, -0.2) is 107 Å². The molecule has 0 aliphatic carbocycles. The Kier molecular flexibility index (Phi) is 8.45. The van der Waals surface area contributed by atoms with Gasteiger partial charge in [-0.1, -0.05) is 0 Å². The van der Waals surface area contributed by atoms with Crippen LogP contribution in [0, 0.1) is 0 Å². The number of hydrogen-bond acceptors (Lipinski definition) is 9. The maximum absolute atomic E-state index is 12.9. The van der Waals surface area contributed by atoms with Gasteiger partial charge in [-0.3, -0.25) is 9.59 Å². The first-order valence-corrected chi connectivity index (χ1v) is 14.2. The lowest BCUT2D eigenvalue weighted by atomic mass is 10.1. The predicted octanol–water partition coefficient (Wildman–Crippen LogP) is 1.57. The number of aromatic nitrogens is 3. The average molecular weight is 569 g/mol. The number of piperidine rings is 1. The topological polar surface area (TPSA) is 134 Å². The molecule has 41 heavy (non-hydrogen) atoms. The fourth-order valence-corrected chi connectivity index (χ4v) is 5.27. The van der Waals surface area contributed by atoms with Gasteiger partial charge in [-0.25, -0.2) is 14.5 Å². The molecular formula is C28H40N8O5. The summed E-state index contributed by atoms with van der Waals surface area (Å²) in [5.41, 5.74) is 0.289. The molecule has 3 aliphatic rings. The average Bonchev–Trinajstić information content (AvgIpc) is 2.93. The van der Waals surface area contributed by atoms with Crippen LogP contribution < -0.4 is 21.1 Å². The number of nitrogens with one attached hydrogen (secondary N) is 2. The second-order valence-corrected chi connectivity index (χ2v) is 11.8. The third-order valence-electron chi connectivity index (χ3n) is 7.35. The first kappa shape index (κ1) is 28.8. The van der Waals surface area contributed by atoms with Gasteiger partial charge < -0.3 is 34.8 Å². The maximum atomic E-state index is 12.9. The fourth-order valence-electron chi connectivity index (χ4n) is 5.27. The molecule has 1 atom stereocenters. The number of aryl methyl sites for hydroxylation is 1. The standard InChI is InChI=1S/C28H40N8O5/c1-28(2,3)41-21-17-36(18-21)27(39)30-20-6-5-9-35(16-20)24-14-22(26(38)33(4)32-24)31-23-8-7-19(15-29-23)25(37)34-10-12-40-13-11-34/h7-8,14-15,20-21H,5-6,9-13,16-18H2,1-4H3,(H,29,31)(H,30,39)/t20-/m1/s1. The van der Waals surface area contributed by atoms with Crippen LogP contribution in [0.1, 0.15) is 44.0 Å². The van der Waals surface area contributed by atoms with Crippen molar-refractivity contribution in [1.82, 2.24) is 29.9 Å². The first-order chi connectivity index (χ1) is 19.6. The summed E-state index contributed by atoms with van der Waals surface area (Å²) in [4.78, 5) is 48.3. The van der Waals surface area contributed by atoms with Crippen LogP contribution in [-0.2, 0) is 16.5 Å². The molecule has 5 heterocycles. The highest BCUT2D eigenvalue weighted by Crippen LogP contribution is 2.23. The number of carbonyl (C=O) groups excluding carboxylic acids is 2. The van der Waals surface area contributed by atoms with Crippen molar-refractivity contribution >= 4 is 29.3 Å². The molecule has 13 heteroatoms. The molecule has 0 radical (unpaired) electrons. The van der Waals surface area contributed by atoms with Crippen LogP contribution in [0.5, 0.6) is 0 Å². The Morgan fingerprint density at radius 2 is 1.83 bits per heavy atom. The molecule has 0 spiro atoms. The molecule has 3 saturated heterocycles. The normalized spacial score (nSPS) is 20.0. The van der Waals surface area contributed by atoms with Gasteiger partial charge in [0.1, 0.15) is 11.5 Å².